The van der Waals surface area contributed by atoms with Crippen molar-refractivity contribution in [3.63, 3.8) is 0 Å². The number of nitro groups is 1. The van der Waals surface area contributed by atoms with Crippen molar-refractivity contribution in [1.29, 1.82) is 0 Å². The van der Waals surface area contributed by atoms with E-state index in [4.69, 9.17) is 23.8 Å². The number of hydroxylamine groups is 1. The van der Waals surface area contributed by atoms with Crippen molar-refractivity contribution in [3.05, 3.63) is 87.1 Å². The van der Waals surface area contributed by atoms with E-state index in [0.717, 1.165) is 19.6 Å². The molecule has 1 atom stereocenters. The summed E-state index contributed by atoms with van der Waals surface area (Å²) < 4.78 is 24.6. The Hall–Kier alpha value is -3.51. The van der Waals surface area contributed by atoms with E-state index in [-0.39, 0.29) is 57.5 Å². The minimum atomic E-state index is -1.73. The zero-order chi connectivity index (χ0) is 32.4. The van der Waals surface area contributed by atoms with E-state index in [9.17, 15) is 19.8 Å². The Morgan fingerprint density at radius 3 is 2.38 bits per heavy atom. The van der Waals surface area contributed by atoms with E-state index in [2.05, 4.69) is 17.0 Å². The first-order valence-electron chi connectivity index (χ1n) is 14.8. The number of allylic oxidation sites excluding steroid dienone is 1. The molecule has 12 nitrogen and oxygen atoms in total. The zero-order valence-electron chi connectivity index (χ0n) is 26.1. The molecule has 13 heteroatoms. The number of methoxy groups -OCH3 is 2. The van der Waals surface area contributed by atoms with Crippen LogP contribution < -0.4 is 0 Å². The number of hydrogen-bond acceptors (Lipinski definition) is 10. The largest absolute Gasteiger partial charge is 0.459 e. The number of rotatable bonds is 14. The standard InChI is InChI=1S/C32H40N3O9P/c1-23-29(31(36)44-28-13-15-33(16-14-28)22-25-9-6-5-7-10-25)32(42-19-17-40-3,26-11-8-12-27(21-26)35(37)38)30(45-39)24(2)34(23)43-20-18-41-4/h5-12,21,28H,13-20,22H2,1-4H3/p+1. The summed E-state index contributed by atoms with van der Waals surface area (Å²) in [6.07, 6.45) is 0.900. The van der Waals surface area contributed by atoms with Crippen molar-refractivity contribution in [3.8, 4) is 0 Å². The highest BCUT2D eigenvalue weighted by Crippen LogP contribution is 2.44. The van der Waals surface area contributed by atoms with E-state index < -0.39 is 16.5 Å². The Labute approximate surface area is 264 Å². The number of nitrogens with zero attached hydrogens (tertiary/aromatic N) is 3. The number of carbonyl (C=O) groups excluding carboxylic acids is 1. The maximum atomic E-state index is 14.4. The lowest BCUT2D eigenvalue weighted by Crippen LogP contribution is -2.53. The van der Waals surface area contributed by atoms with Gasteiger partial charge in [0.2, 0.25) is 11.4 Å². The van der Waals surface area contributed by atoms with Gasteiger partial charge in [-0.15, -0.1) is 0 Å². The first kappa shape index (κ1) is 34.4. The van der Waals surface area contributed by atoms with Gasteiger partial charge in [0.1, 0.15) is 17.0 Å². The molecule has 2 aromatic carbocycles. The summed E-state index contributed by atoms with van der Waals surface area (Å²) in [5.41, 5.74) is 0.478. The molecule has 0 spiro atoms. The van der Waals surface area contributed by atoms with Crippen LogP contribution in [0.2, 0.25) is 0 Å². The number of benzene rings is 2. The molecule has 0 radical (unpaired) electrons. The van der Waals surface area contributed by atoms with Gasteiger partial charge in [0.25, 0.3) is 5.69 Å². The fraction of sp³-hybridized carbons (Fsp3) is 0.469. The van der Waals surface area contributed by atoms with Crippen LogP contribution >= 0.6 is 8.43 Å². The average molecular weight is 643 g/mol. The van der Waals surface area contributed by atoms with E-state index >= 15 is 0 Å². The van der Waals surface area contributed by atoms with E-state index in [0.29, 0.717) is 29.8 Å². The van der Waals surface area contributed by atoms with Crippen LogP contribution in [0.1, 0.15) is 37.8 Å². The fourth-order valence-corrected chi connectivity index (χ4v) is 6.46. The first-order chi connectivity index (χ1) is 21.8. The van der Waals surface area contributed by atoms with Gasteiger partial charge in [-0.3, -0.25) is 19.9 Å². The maximum absolute atomic E-state index is 14.4. The van der Waals surface area contributed by atoms with Crippen molar-refractivity contribution in [2.24, 2.45) is 0 Å². The molecule has 4 rings (SSSR count). The third kappa shape index (κ3) is 7.84. The van der Waals surface area contributed by atoms with E-state index in [1.165, 1.54) is 35.6 Å². The molecule has 0 amide bonds. The Kier molecular flexibility index (Phi) is 12.3. The summed E-state index contributed by atoms with van der Waals surface area (Å²) in [6, 6.07) is 16.1. The lowest BCUT2D eigenvalue weighted by atomic mass is 9.78. The van der Waals surface area contributed by atoms with Crippen molar-refractivity contribution < 1.29 is 43.1 Å². The van der Waals surface area contributed by atoms with E-state index in [1.54, 1.807) is 27.0 Å². The number of carbonyl (C=O) groups is 1. The maximum Gasteiger partial charge on any atom is 0.344 e. The molecule has 0 aromatic heterocycles. The van der Waals surface area contributed by atoms with Gasteiger partial charge >= 0.3 is 5.97 Å². The molecule has 2 aromatic rings. The molecular formula is C32H41N3O9P+. The molecule has 45 heavy (non-hydrogen) atoms. The minimum Gasteiger partial charge on any atom is -0.459 e. The molecule has 1 N–H and O–H groups in total. The Bertz CT molecular complexity index is 1440. The van der Waals surface area contributed by atoms with Gasteiger partial charge in [-0.05, 0) is 18.4 Å². The summed E-state index contributed by atoms with van der Waals surface area (Å²) in [4.78, 5) is 44.9. The molecule has 2 heterocycles. The number of likely N-dealkylation sites (tertiary alicyclic amines) is 1. The van der Waals surface area contributed by atoms with Crippen molar-refractivity contribution >= 4 is 31.1 Å². The molecule has 242 valence electrons. The van der Waals surface area contributed by atoms with Crippen LogP contribution in [0.25, 0.3) is 0 Å². The SMILES string of the molecule is COCCO[N+]1=C(C)C(=PO)C(OCCOC)(c2cccc([N+](=O)[O-])c2)C(C(=O)OC2CCN(Cc3ccccc3)CC2)=C1C. The van der Waals surface area contributed by atoms with Gasteiger partial charge in [-0.25, -0.2) is 4.79 Å². The summed E-state index contributed by atoms with van der Waals surface area (Å²) in [6.45, 7) is 6.36. The molecule has 1 fully saturated rings. The highest BCUT2D eigenvalue weighted by molar-refractivity contribution is 7.38. The first-order valence-corrected chi connectivity index (χ1v) is 15.7. The second kappa shape index (κ2) is 16.2. The van der Waals surface area contributed by atoms with Gasteiger partial charge in [-0.1, -0.05) is 42.5 Å². The normalized spacial score (nSPS) is 20.5. The van der Waals surface area contributed by atoms with E-state index in [1.807, 2.05) is 18.2 Å². The quantitative estimate of drug-likeness (QED) is 0.0805. The average Bonchev–Trinajstić information content (AvgIpc) is 3.04. The number of piperidine rings is 1. The number of hydrogen-bond donors (Lipinski definition) is 1. The summed E-state index contributed by atoms with van der Waals surface area (Å²) in [7, 11) is 2.84. The number of ether oxygens (including phenoxy) is 4. The van der Waals surface area contributed by atoms with Gasteiger partial charge in [0.05, 0.1) is 33.2 Å². The molecule has 0 bridgehead atoms. The van der Waals surface area contributed by atoms with Gasteiger partial charge in [0, 0.05) is 70.1 Å². The molecule has 1 unspecified atom stereocenters. The fourth-order valence-electron chi connectivity index (χ4n) is 5.78. The van der Waals surface area contributed by atoms with Crippen LogP contribution in [0.5, 0.6) is 0 Å². The Balaban J connectivity index is 1.74. The third-order valence-corrected chi connectivity index (χ3v) is 8.78. The molecule has 0 saturated carbocycles. The Morgan fingerprint density at radius 2 is 1.73 bits per heavy atom. The van der Waals surface area contributed by atoms with Crippen LogP contribution in [0.3, 0.4) is 0 Å². The highest BCUT2D eigenvalue weighted by atomic mass is 31.1. The third-order valence-electron chi connectivity index (χ3n) is 7.94. The molecular weight excluding hydrogens is 601 g/mol. The summed E-state index contributed by atoms with van der Waals surface area (Å²) in [5.74, 6) is -0.660. The highest BCUT2D eigenvalue weighted by Gasteiger charge is 2.57. The predicted octanol–water partition coefficient (Wildman–Crippen LogP) is 4.03. The molecule has 0 aliphatic carbocycles. The lowest BCUT2D eigenvalue weighted by molar-refractivity contribution is -0.754. The van der Waals surface area contributed by atoms with Crippen LogP contribution in [0, 0.1) is 10.1 Å². The second-order valence-electron chi connectivity index (χ2n) is 10.8. The smallest absolute Gasteiger partial charge is 0.344 e. The molecule has 2 aliphatic rings. The van der Waals surface area contributed by atoms with Crippen molar-refractivity contribution in [1.82, 2.24) is 4.90 Å². The summed E-state index contributed by atoms with van der Waals surface area (Å²) in [5, 5.41) is 12.1. The topological polar surface area (TPSA) is 133 Å². The molecule has 1 saturated heterocycles. The summed E-state index contributed by atoms with van der Waals surface area (Å²) >= 11 is 0. The zero-order valence-corrected chi connectivity index (χ0v) is 27.0. The van der Waals surface area contributed by atoms with Gasteiger partial charge < -0.3 is 23.8 Å². The Morgan fingerprint density at radius 1 is 1.04 bits per heavy atom. The lowest BCUT2D eigenvalue weighted by Gasteiger charge is -2.38. The number of esters is 1. The van der Waals surface area contributed by atoms with Crippen molar-refractivity contribution in [2.45, 2.75) is 44.9 Å². The van der Waals surface area contributed by atoms with Crippen molar-refractivity contribution in [2.75, 3.05) is 53.7 Å². The van der Waals surface area contributed by atoms with Crippen LogP contribution in [-0.2, 0) is 40.7 Å². The van der Waals surface area contributed by atoms with Gasteiger partial charge in [0.15, 0.2) is 12.2 Å². The van der Waals surface area contributed by atoms with Gasteiger partial charge in [-0.2, -0.15) is 0 Å². The molecule has 2 aliphatic heterocycles. The monoisotopic (exact) mass is 642 g/mol. The van der Waals surface area contributed by atoms with Crippen LogP contribution in [0.4, 0.5) is 5.69 Å². The predicted molar refractivity (Wildman–Crippen MR) is 169 cm³/mol. The minimum absolute atomic E-state index is 0.0119. The van der Waals surface area contributed by atoms with Crippen LogP contribution in [-0.4, -0.2) is 96.3 Å². The number of nitro benzene ring substituents is 1. The second-order valence-corrected chi connectivity index (χ2v) is 11.5. The van der Waals surface area contributed by atoms with Crippen LogP contribution in [0.15, 0.2) is 65.9 Å². The number of non-ortho nitro benzene ring substituents is 1.